The van der Waals surface area contributed by atoms with Crippen LogP contribution in [0, 0.1) is 5.41 Å². The summed E-state index contributed by atoms with van der Waals surface area (Å²) in [5.41, 5.74) is 1.50. The summed E-state index contributed by atoms with van der Waals surface area (Å²) in [7, 11) is 0. The predicted molar refractivity (Wildman–Crippen MR) is 86.9 cm³/mol. The first-order valence-corrected chi connectivity index (χ1v) is 8.08. The van der Waals surface area contributed by atoms with Gasteiger partial charge in [0, 0.05) is 5.41 Å². The van der Waals surface area contributed by atoms with E-state index in [1.807, 2.05) is 6.07 Å². The summed E-state index contributed by atoms with van der Waals surface area (Å²) in [6, 6.07) is 10.4. The van der Waals surface area contributed by atoms with Crippen molar-refractivity contribution >= 4 is 12.6 Å². The number of rotatable bonds is 9. The number of ether oxygens (including phenoxy) is 1. The third kappa shape index (κ3) is 5.19. The van der Waals surface area contributed by atoms with Crippen molar-refractivity contribution in [3.63, 3.8) is 0 Å². The molecule has 0 fully saturated rings. The molecule has 0 saturated carbocycles. The average molecular weight is 280 g/mol. The fourth-order valence-corrected chi connectivity index (χ4v) is 3.06. The summed E-state index contributed by atoms with van der Waals surface area (Å²) in [6.07, 6.45) is 4.96. The summed E-state index contributed by atoms with van der Waals surface area (Å²) in [5, 5.41) is 0. The Morgan fingerprint density at radius 3 is 2.16 bits per heavy atom. The van der Waals surface area contributed by atoms with Gasteiger partial charge in [0.1, 0.15) is 0 Å². The lowest BCUT2D eigenvalue weighted by molar-refractivity contribution is -0.00114. The van der Waals surface area contributed by atoms with Gasteiger partial charge in [-0.2, -0.15) is 12.6 Å². The third-order valence-corrected chi connectivity index (χ3v) is 4.48. The molecule has 19 heavy (non-hydrogen) atoms. The van der Waals surface area contributed by atoms with E-state index in [-0.39, 0.29) is 11.5 Å². The molecular weight excluding hydrogens is 252 g/mol. The highest BCUT2D eigenvalue weighted by Crippen LogP contribution is 2.33. The Morgan fingerprint density at radius 1 is 1.11 bits per heavy atom. The maximum absolute atomic E-state index is 6.14. The lowest BCUT2D eigenvalue weighted by atomic mass is 9.82. The van der Waals surface area contributed by atoms with Gasteiger partial charge < -0.3 is 4.74 Å². The maximum atomic E-state index is 6.14. The van der Waals surface area contributed by atoms with E-state index < -0.39 is 0 Å². The highest BCUT2D eigenvalue weighted by molar-refractivity contribution is 7.80. The quantitative estimate of drug-likeness (QED) is 0.605. The molecule has 1 nitrogen and oxygen atoms in total. The number of benzene rings is 1. The molecule has 0 radical (unpaired) electrons. The van der Waals surface area contributed by atoms with Gasteiger partial charge in [0.25, 0.3) is 0 Å². The zero-order valence-corrected chi connectivity index (χ0v) is 13.5. The molecule has 0 saturated heterocycles. The fraction of sp³-hybridized carbons (Fsp3) is 0.647. The van der Waals surface area contributed by atoms with E-state index in [9.17, 15) is 0 Å². The fourth-order valence-electron chi connectivity index (χ4n) is 2.66. The molecule has 1 aromatic rings. The standard InChI is InChI=1S/C17H28OS/c1-4-11-17(14-19,12-5-2)13-18-15(3)16-9-7-6-8-10-16/h6-10,15,19H,4-5,11-14H2,1-3H3. The summed E-state index contributed by atoms with van der Waals surface area (Å²) in [5.74, 6) is 0.913. The lowest BCUT2D eigenvalue weighted by Crippen LogP contribution is -2.29. The number of hydrogen-bond acceptors (Lipinski definition) is 2. The van der Waals surface area contributed by atoms with Gasteiger partial charge >= 0.3 is 0 Å². The molecule has 0 aliphatic carbocycles. The Balaban J connectivity index is 2.60. The molecule has 108 valence electrons. The van der Waals surface area contributed by atoms with Gasteiger partial charge in [-0.1, -0.05) is 57.0 Å². The van der Waals surface area contributed by atoms with Crippen LogP contribution in [0.25, 0.3) is 0 Å². The van der Waals surface area contributed by atoms with Crippen LogP contribution < -0.4 is 0 Å². The smallest absolute Gasteiger partial charge is 0.0797 e. The first kappa shape index (κ1) is 16.6. The van der Waals surface area contributed by atoms with Crippen LogP contribution >= 0.6 is 12.6 Å². The van der Waals surface area contributed by atoms with Crippen molar-refractivity contribution in [3.8, 4) is 0 Å². The van der Waals surface area contributed by atoms with E-state index in [0.717, 1.165) is 12.4 Å². The van der Waals surface area contributed by atoms with Crippen molar-refractivity contribution in [2.75, 3.05) is 12.4 Å². The van der Waals surface area contributed by atoms with Crippen LogP contribution in [0.15, 0.2) is 30.3 Å². The minimum Gasteiger partial charge on any atom is -0.373 e. The third-order valence-electron chi connectivity index (χ3n) is 3.80. The second-order valence-corrected chi connectivity index (χ2v) is 5.84. The largest absolute Gasteiger partial charge is 0.373 e. The Kier molecular flexibility index (Phi) is 7.55. The molecule has 0 bridgehead atoms. The van der Waals surface area contributed by atoms with E-state index in [0.29, 0.717) is 0 Å². The van der Waals surface area contributed by atoms with Crippen molar-refractivity contribution in [2.24, 2.45) is 5.41 Å². The van der Waals surface area contributed by atoms with Gasteiger partial charge in [0.15, 0.2) is 0 Å². The van der Waals surface area contributed by atoms with Gasteiger partial charge in [0.2, 0.25) is 0 Å². The molecule has 1 aromatic carbocycles. The second kappa shape index (κ2) is 8.65. The van der Waals surface area contributed by atoms with Crippen molar-refractivity contribution in [2.45, 2.75) is 52.6 Å². The van der Waals surface area contributed by atoms with Crippen LogP contribution in [0.4, 0.5) is 0 Å². The summed E-state index contributed by atoms with van der Waals surface area (Å²) < 4.78 is 6.14. The summed E-state index contributed by atoms with van der Waals surface area (Å²) in [4.78, 5) is 0. The van der Waals surface area contributed by atoms with E-state index >= 15 is 0 Å². The van der Waals surface area contributed by atoms with Crippen molar-refractivity contribution < 1.29 is 4.74 Å². The highest BCUT2D eigenvalue weighted by atomic mass is 32.1. The van der Waals surface area contributed by atoms with E-state index in [1.165, 1.54) is 31.2 Å². The number of thiol groups is 1. The molecule has 0 heterocycles. The van der Waals surface area contributed by atoms with Crippen LogP contribution in [0.5, 0.6) is 0 Å². The molecule has 1 rings (SSSR count). The van der Waals surface area contributed by atoms with E-state index in [2.05, 4.69) is 57.7 Å². The second-order valence-electron chi connectivity index (χ2n) is 5.52. The van der Waals surface area contributed by atoms with Crippen molar-refractivity contribution in [1.82, 2.24) is 0 Å². The van der Waals surface area contributed by atoms with Crippen molar-refractivity contribution in [3.05, 3.63) is 35.9 Å². The molecular formula is C17H28OS. The Bertz CT molecular complexity index is 330. The zero-order chi connectivity index (χ0) is 14.1. The molecule has 0 aliphatic rings. The van der Waals surface area contributed by atoms with Gasteiger partial charge in [-0.05, 0) is 31.1 Å². The van der Waals surface area contributed by atoms with Gasteiger partial charge in [-0.15, -0.1) is 0 Å². The minimum absolute atomic E-state index is 0.161. The Labute approximate surface area is 124 Å². The highest BCUT2D eigenvalue weighted by Gasteiger charge is 2.28. The van der Waals surface area contributed by atoms with Gasteiger partial charge in [0.05, 0.1) is 12.7 Å². The monoisotopic (exact) mass is 280 g/mol. The van der Waals surface area contributed by atoms with Crippen LogP contribution in [-0.2, 0) is 4.74 Å². The predicted octanol–water partition coefficient (Wildman–Crippen LogP) is 5.28. The van der Waals surface area contributed by atoms with Crippen LogP contribution in [-0.4, -0.2) is 12.4 Å². The summed E-state index contributed by atoms with van der Waals surface area (Å²) in [6.45, 7) is 7.44. The van der Waals surface area contributed by atoms with Crippen LogP contribution in [0.3, 0.4) is 0 Å². The molecule has 0 amide bonds. The normalized spacial score (nSPS) is 13.5. The Hall–Kier alpha value is -0.470. The average Bonchev–Trinajstić information content (AvgIpc) is 2.46. The first-order valence-electron chi connectivity index (χ1n) is 7.45. The molecule has 0 aliphatic heterocycles. The molecule has 0 spiro atoms. The topological polar surface area (TPSA) is 9.23 Å². The summed E-state index contributed by atoms with van der Waals surface area (Å²) >= 11 is 4.58. The minimum atomic E-state index is 0.161. The number of hydrogen-bond donors (Lipinski definition) is 1. The SMILES string of the molecule is CCCC(CS)(CCC)COC(C)c1ccccc1. The molecule has 0 aromatic heterocycles. The first-order chi connectivity index (χ1) is 9.17. The van der Waals surface area contributed by atoms with Crippen molar-refractivity contribution in [1.29, 1.82) is 0 Å². The maximum Gasteiger partial charge on any atom is 0.0797 e. The molecule has 1 unspecified atom stereocenters. The molecule has 1 atom stereocenters. The van der Waals surface area contributed by atoms with E-state index in [4.69, 9.17) is 4.74 Å². The van der Waals surface area contributed by atoms with Crippen LogP contribution in [0.2, 0.25) is 0 Å². The zero-order valence-electron chi connectivity index (χ0n) is 12.6. The van der Waals surface area contributed by atoms with Gasteiger partial charge in [-0.3, -0.25) is 0 Å². The lowest BCUT2D eigenvalue weighted by Gasteiger charge is -2.33. The molecule has 2 heteroatoms. The molecule has 0 N–H and O–H groups in total. The van der Waals surface area contributed by atoms with E-state index in [1.54, 1.807) is 0 Å². The van der Waals surface area contributed by atoms with Gasteiger partial charge in [-0.25, -0.2) is 0 Å². The Morgan fingerprint density at radius 2 is 1.68 bits per heavy atom. The van der Waals surface area contributed by atoms with Crippen LogP contribution in [0.1, 0.15) is 58.1 Å².